The van der Waals surface area contributed by atoms with E-state index in [1.807, 2.05) is 0 Å². The number of benzene rings is 2. The molecule has 1 aliphatic heterocycles. The Bertz CT molecular complexity index is 515. The van der Waals surface area contributed by atoms with Crippen molar-refractivity contribution in [2.75, 3.05) is 19.7 Å². The fraction of sp³-hybridized carbons (Fsp3) is 0.333. The highest BCUT2D eigenvalue weighted by Gasteiger charge is 2.13. The minimum Gasteiger partial charge on any atom is -0.361 e. The van der Waals surface area contributed by atoms with Crippen LogP contribution in [0.15, 0.2) is 42.5 Å². The summed E-state index contributed by atoms with van der Waals surface area (Å²) in [6, 6.07) is 14.9. The molecule has 2 aromatic carbocycles. The Morgan fingerprint density at radius 1 is 1.17 bits per heavy atom. The van der Waals surface area contributed by atoms with Crippen molar-refractivity contribution in [1.29, 1.82) is 0 Å². The molecule has 0 aromatic heterocycles. The molecule has 3 nitrogen and oxygen atoms in total. The summed E-state index contributed by atoms with van der Waals surface area (Å²) < 4.78 is 5.61. The fourth-order valence-electron chi connectivity index (χ4n) is 2.31. The van der Waals surface area contributed by atoms with E-state index in [9.17, 15) is 0 Å². The van der Waals surface area contributed by atoms with Gasteiger partial charge in [-0.3, -0.25) is 5.32 Å². The minimum atomic E-state index is 0.0673. The highest BCUT2D eigenvalue weighted by molar-refractivity contribution is 5.85. The summed E-state index contributed by atoms with van der Waals surface area (Å²) in [6.45, 7) is 3.13. The number of ether oxygens (including phenoxy) is 1. The van der Waals surface area contributed by atoms with Crippen LogP contribution in [0.2, 0.25) is 0 Å². The third kappa shape index (κ3) is 2.53. The Hall–Kier alpha value is -1.42. The lowest BCUT2D eigenvalue weighted by atomic mass is 10.0. The van der Waals surface area contributed by atoms with Crippen LogP contribution in [0.5, 0.6) is 0 Å². The molecule has 1 aliphatic rings. The number of morpholine rings is 1. The molecule has 3 rings (SSSR count). The van der Waals surface area contributed by atoms with E-state index in [1.54, 1.807) is 0 Å². The molecule has 1 saturated heterocycles. The maximum atomic E-state index is 5.61. The van der Waals surface area contributed by atoms with E-state index in [0.29, 0.717) is 0 Å². The molecule has 0 spiro atoms. The van der Waals surface area contributed by atoms with E-state index in [2.05, 4.69) is 53.1 Å². The predicted octanol–water partition coefficient (Wildman–Crippen LogP) is 1.89. The second-order valence-electron chi connectivity index (χ2n) is 4.51. The first kappa shape index (κ1) is 11.7. The highest BCUT2D eigenvalue weighted by atomic mass is 16.5. The molecule has 2 aromatic rings. The van der Waals surface area contributed by atoms with Gasteiger partial charge in [-0.1, -0.05) is 42.5 Å². The summed E-state index contributed by atoms with van der Waals surface area (Å²) in [4.78, 5) is 0. The predicted molar refractivity (Wildman–Crippen MR) is 72.4 cm³/mol. The number of hydrogen-bond donors (Lipinski definition) is 1. The zero-order valence-electron chi connectivity index (χ0n) is 10.3. The van der Waals surface area contributed by atoms with Gasteiger partial charge >= 0.3 is 0 Å². The van der Waals surface area contributed by atoms with Gasteiger partial charge in [0, 0.05) is 13.1 Å². The Labute approximate surface area is 107 Å². The van der Waals surface area contributed by atoms with Gasteiger partial charge in [-0.2, -0.15) is 0 Å². The van der Waals surface area contributed by atoms with Gasteiger partial charge in [-0.15, -0.1) is 0 Å². The van der Waals surface area contributed by atoms with Crippen molar-refractivity contribution >= 4 is 10.8 Å². The van der Waals surface area contributed by atoms with Crippen molar-refractivity contribution in [2.24, 2.45) is 0 Å². The molecular weight excluding hydrogens is 224 g/mol. The second kappa shape index (κ2) is 5.48. The molecule has 1 radical (unpaired) electrons. The summed E-state index contributed by atoms with van der Waals surface area (Å²) in [5.74, 6) is 0. The smallest absolute Gasteiger partial charge is 0.122 e. The topological polar surface area (TPSA) is 35.4 Å². The Kier molecular flexibility index (Phi) is 3.55. The lowest BCUT2D eigenvalue weighted by Crippen LogP contribution is -2.43. The van der Waals surface area contributed by atoms with Crippen molar-refractivity contribution < 1.29 is 4.74 Å². The molecule has 3 heteroatoms. The van der Waals surface area contributed by atoms with E-state index in [-0.39, 0.29) is 6.23 Å². The standard InChI is InChI=1S/C15H17N2O/c1-2-7-14-12(4-1)5-3-6-13(14)10-17-15-11-16-8-9-18-15/h1-7,15,17H,8-11H2. The van der Waals surface area contributed by atoms with Crippen LogP contribution in [0.4, 0.5) is 0 Å². The molecule has 1 unspecified atom stereocenters. The Balaban J connectivity index is 1.74. The highest BCUT2D eigenvalue weighted by Crippen LogP contribution is 2.18. The summed E-state index contributed by atoms with van der Waals surface area (Å²) in [5, 5.41) is 10.3. The third-order valence-corrected chi connectivity index (χ3v) is 3.26. The molecule has 18 heavy (non-hydrogen) atoms. The minimum absolute atomic E-state index is 0.0673. The lowest BCUT2D eigenvalue weighted by Gasteiger charge is -2.23. The van der Waals surface area contributed by atoms with E-state index < -0.39 is 0 Å². The van der Waals surface area contributed by atoms with Crippen LogP contribution < -0.4 is 10.6 Å². The van der Waals surface area contributed by atoms with Crippen molar-refractivity contribution in [1.82, 2.24) is 10.6 Å². The monoisotopic (exact) mass is 241 g/mol. The Morgan fingerprint density at radius 3 is 2.94 bits per heavy atom. The van der Waals surface area contributed by atoms with Crippen LogP contribution in [0, 0.1) is 0 Å². The van der Waals surface area contributed by atoms with Gasteiger partial charge in [0.1, 0.15) is 6.23 Å². The number of rotatable bonds is 3. The maximum absolute atomic E-state index is 5.61. The normalized spacial score (nSPS) is 20.1. The first-order valence-electron chi connectivity index (χ1n) is 6.38. The van der Waals surface area contributed by atoms with Crippen LogP contribution in [0.25, 0.3) is 10.8 Å². The van der Waals surface area contributed by atoms with Crippen LogP contribution >= 0.6 is 0 Å². The SMILES string of the molecule is c1ccc2c(CNC3C[N]CCO3)cccc2c1. The van der Waals surface area contributed by atoms with Gasteiger partial charge in [0.15, 0.2) is 0 Å². The molecule has 1 heterocycles. The quantitative estimate of drug-likeness (QED) is 0.890. The van der Waals surface area contributed by atoms with Crippen LogP contribution in [0.3, 0.4) is 0 Å². The molecule has 93 valence electrons. The molecule has 1 atom stereocenters. The third-order valence-electron chi connectivity index (χ3n) is 3.26. The Morgan fingerprint density at radius 2 is 2.06 bits per heavy atom. The summed E-state index contributed by atoms with van der Waals surface area (Å²) in [6.07, 6.45) is 0.0673. The van der Waals surface area contributed by atoms with Crippen molar-refractivity contribution in [3.63, 3.8) is 0 Å². The molecule has 0 aliphatic carbocycles. The van der Waals surface area contributed by atoms with Gasteiger partial charge in [-0.05, 0) is 16.3 Å². The van der Waals surface area contributed by atoms with Crippen molar-refractivity contribution in [3.8, 4) is 0 Å². The first-order valence-corrected chi connectivity index (χ1v) is 6.38. The zero-order chi connectivity index (χ0) is 12.2. The first-order chi connectivity index (χ1) is 8.93. The summed E-state index contributed by atoms with van der Waals surface area (Å²) >= 11 is 0. The fourth-order valence-corrected chi connectivity index (χ4v) is 2.31. The maximum Gasteiger partial charge on any atom is 0.122 e. The number of nitrogens with zero attached hydrogens (tertiary/aromatic N) is 1. The number of nitrogens with one attached hydrogen (secondary N) is 1. The van der Waals surface area contributed by atoms with E-state index in [0.717, 1.165) is 26.2 Å². The summed E-state index contributed by atoms with van der Waals surface area (Å²) in [7, 11) is 0. The van der Waals surface area contributed by atoms with Crippen LogP contribution in [-0.4, -0.2) is 25.9 Å². The molecule has 1 fully saturated rings. The van der Waals surface area contributed by atoms with Gasteiger partial charge in [-0.25, -0.2) is 5.32 Å². The second-order valence-corrected chi connectivity index (χ2v) is 4.51. The average molecular weight is 241 g/mol. The largest absolute Gasteiger partial charge is 0.361 e. The van der Waals surface area contributed by atoms with Crippen molar-refractivity contribution in [3.05, 3.63) is 48.0 Å². The van der Waals surface area contributed by atoms with Gasteiger partial charge in [0.25, 0.3) is 0 Å². The molecule has 0 amide bonds. The number of fused-ring (bicyclic) bond motifs is 1. The van der Waals surface area contributed by atoms with E-state index in [1.165, 1.54) is 16.3 Å². The van der Waals surface area contributed by atoms with E-state index >= 15 is 0 Å². The number of hydrogen-bond acceptors (Lipinski definition) is 2. The van der Waals surface area contributed by atoms with Gasteiger partial charge < -0.3 is 4.74 Å². The van der Waals surface area contributed by atoms with E-state index in [4.69, 9.17) is 4.74 Å². The van der Waals surface area contributed by atoms with Crippen LogP contribution in [0.1, 0.15) is 5.56 Å². The molecule has 1 N–H and O–H groups in total. The molecule has 0 saturated carbocycles. The lowest BCUT2D eigenvalue weighted by molar-refractivity contribution is 0.00440. The van der Waals surface area contributed by atoms with Crippen LogP contribution in [-0.2, 0) is 11.3 Å². The molecule has 0 bridgehead atoms. The molecular formula is C15H17N2O. The van der Waals surface area contributed by atoms with Gasteiger partial charge in [0.2, 0.25) is 0 Å². The summed E-state index contributed by atoms with van der Waals surface area (Å²) in [5.41, 5.74) is 1.31. The van der Waals surface area contributed by atoms with Crippen molar-refractivity contribution in [2.45, 2.75) is 12.8 Å². The zero-order valence-corrected chi connectivity index (χ0v) is 10.3. The van der Waals surface area contributed by atoms with Gasteiger partial charge in [0.05, 0.1) is 13.2 Å². The average Bonchev–Trinajstić information content (AvgIpc) is 2.46.